The number of fused-ring (bicyclic) bond motifs is 2. The highest BCUT2D eigenvalue weighted by molar-refractivity contribution is 7.18. The smallest absolute Gasteiger partial charge is 0.295 e. The van der Waals surface area contributed by atoms with Crippen molar-refractivity contribution in [3.05, 3.63) is 63.9 Å². The van der Waals surface area contributed by atoms with E-state index in [1.54, 1.807) is 29.8 Å². The van der Waals surface area contributed by atoms with Crippen LogP contribution in [-0.4, -0.2) is 68.3 Å². The minimum absolute atomic E-state index is 0.0188. The zero-order valence-electron chi connectivity index (χ0n) is 19.5. The highest BCUT2D eigenvalue weighted by Crippen LogP contribution is 2.32. The van der Waals surface area contributed by atoms with Crippen molar-refractivity contribution < 1.29 is 19.2 Å². The fourth-order valence-electron chi connectivity index (χ4n) is 4.90. The number of carbonyl (C=O) groups excluding carboxylic acids is 4. The van der Waals surface area contributed by atoms with Crippen LogP contribution in [0.1, 0.15) is 49.7 Å². The number of amides is 5. The Morgan fingerprint density at radius 2 is 1.83 bits per heavy atom. The van der Waals surface area contributed by atoms with Crippen molar-refractivity contribution in [3.63, 3.8) is 0 Å². The molecule has 0 saturated carbocycles. The first-order valence-corrected chi connectivity index (χ1v) is 12.5. The maximum atomic E-state index is 13.1. The molecule has 36 heavy (non-hydrogen) atoms. The van der Waals surface area contributed by atoms with Crippen LogP contribution in [0, 0.1) is 6.92 Å². The molecule has 3 aliphatic heterocycles. The van der Waals surface area contributed by atoms with Crippen molar-refractivity contribution >= 4 is 50.9 Å². The van der Waals surface area contributed by atoms with Gasteiger partial charge in [0, 0.05) is 36.3 Å². The van der Waals surface area contributed by atoms with Crippen LogP contribution < -0.4 is 5.32 Å². The third kappa shape index (κ3) is 3.76. The van der Waals surface area contributed by atoms with Gasteiger partial charge in [-0.1, -0.05) is 12.1 Å². The molecule has 2 aromatic heterocycles. The summed E-state index contributed by atoms with van der Waals surface area (Å²) in [7, 11) is 0. The van der Waals surface area contributed by atoms with E-state index in [0.29, 0.717) is 6.54 Å². The molecule has 6 rings (SSSR count). The SMILES string of the molecule is Cc1cc2c(C3=CCN(Cc4ccc5c(c4)C(=O)N(N4CCC(=O)NC4=O)C5=O)CC3)ncnc2s1. The summed E-state index contributed by atoms with van der Waals surface area (Å²) >= 11 is 1.67. The molecule has 1 fully saturated rings. The molecule has 5 amide bonds. The third-order valence-corrected chi connectivity index (χ3v) is 7.62. The van der Waals surface area contributed by atoms with Gasteiger partial charge in [-0.05, 0) is 42.7 Å². The average Bonchev–Trinajstić information content (AvgIpc) is 3.36. The minimum Gasteiger partial charge on any atom is -0.295 e. The van der Waals surface area contributed by atoms with Crippen LogP contribution in [0.2, 0.25) is 0 Å². The summed E-state index contributed by atoms with van der Waals surface area (Å²) in [4.78, 5) is 63.0. The first-order chi connectivity index (χ1) is 17.4. The Morgan fingerprint density at radius 3 is 2.61 bits per heavy atom. The normalized spacial score (nSPS) is 18.6. The molecule has 3 aliphatic rings. The van der Waals surface area contributed by atoms with Crippen LogP contribution in [0.15, 0.2) is 36.7 Å². The lowest BCUT2D eigenvalue weighted by atomic mass is 10.0. The molecule has 1 N–H and O–H groups in total. The molecule has 0 bridgehead atoms. The van der Waals surface area contributed by atoms with Gasteiger partial charge < -0.3 is 0 Å². The van der Waals surface area contributed by atoms with E-state index in [1.807, 2.05) is 6.07 Å². The van der Waals surface area contributed by atoms with E-state index < -0.39 is 23.8 Å². The first kappa shape index (κ1) is 22.5. The Morgan fingerprint density at radius 1 is 1.00 bits per heavy atom. The number of rotatable bonds is 4. The van der Waals surface area contributed by atoms with Crippen molar-refractivity contribution in [2.24, 2.45) is 0 Å². The maximum absolute atomic E-state index is 13.1. The van der Waals surface area contributed by atoms with Gasteiger partial charge in [-0.2, -0.15) is 5.01 Å². The fourth-order valence-corrected chi connectivity index (χ4v) is 5.75. The molecule has 1 saturated heterocycles. The Bertz CT molecular complexity index is 1490. The number of carbonyl (C=O) groups is 4. The van der Waals surface area contributed by atoms with Crippen LogP contribution in [0.25, 0.3) is 15.8 Å². The molecule has 5 heterocycles. The lowest BCUT2D eigenvalue weighted by Gasteiger charge is -2.32. The zero-order valence-corrected chi connectivity index (χ0v) is 20.3. The minimum atomic E-state index is -0.768. The van der Waals surface area contributed by atoms with Crippen molar-refractivity contribution in [3.8, 4) is 0 Å². The molecule has 0 unspecified atom stereocenters. The van der Waals surface area contributed by atoms with Crippen LogP contribution in [0.3, 0.4) is 0 Å². The summed E-state index contributed by atoms with van der Waals surface area (Å²) in [5.74, 6) is -1.54. The van der Waals surface area contributed by atoms with Gasteiger partial charge in [0.2, 0.25) is 5.91 Å². The quantitative estimate of drug-likeness (QED) is 0.546. The van der Waals surface area contributed by atoms with Gasteiger partial charge in [-0.15, -0.1) is 11.3 Å². The molecule has 0 radical (unpaired) electrons. The van der Waals surface area contributed by atoms with E-state index in [4.69, 9.17) is 0 Å². The Hall–Kier alpha value is -3.96. The van der Waals surface area contributed by atoms with Crippen molar-refractivity contribution in [1.82, 2.24) is 30.2 Å². The molecule has 0 atom stereocenters. The van der Waals surface area contributed by atoms with Gasteiger partial charge in [0.25, 0.3) is 11.8 Å². The standard InChI is InChI=1S/C25H22N6O4S/c1-14-10-19-21(26-13-27-22(19)36-14)16-4-7-29(8-5-16)12-15-2-3-17-18(11-15)24(34)31(23(17)33)30-9-6-20(32)28-25(30)35/h2-4,10-11,13H,5-9,12H2,1H3,(H,28,32,35). The topological polar surface area (TPSA) is 116 Å². The van der Waals surface area contributed by atoms with Crippen molar-refractivity contribution in [1.29, 1.82) is 0 Å². The molecule has 10 nitrogen and oxygen atoms in total. The summed E-state index contributed by atoms with van der Waals surface area (Å²) in [6.07, 6.45) is 4.69. The molecule has 182 valence electrons. The van der Waals surface area contributed by atoms with Crippen molar-refractivity contribution in [2.75, 3.05) is 19.6 Å². The number of hydrogen-bond donors (Lipinski definition) is 1. The molecular weight excluding hydrogens is 480 g/mol. The van der Waals surface area contributed by atoms with E-state index in [0.717, 1.165) is 51.0 Å². The molecule has 0 aliphatic carbocycles. The lowest BCUT2D eigenvalue weighted by molar-refractivity contribution is -0.122. The summed E-state index contributed by atoms with van der Waals surface area (Å²) in [6, 6.07) is 6.58. The summed E-state index contributed by atoms with van der Waals surface area (Å²) in [6.45, 7) is 4.24. The van der Waals surface area contributed by atoms with Crippen LogP contribution in [0.5, 0.6) is 0 Å². The predicted molar refractivity (Wildman–Crippen MR) is 132 cm³/mol. The Balaban J connectivity index is 1.17. The number of aromatic nitrogens is 2. The summed E-state index contributed by atoms with van der Waals surface area (Å²) in [5.41, 5.74) is 3.64. The van der Waals surface area contributed by atoms with Crippen LogP contribution in [0.4, 0.5) is 4.79 Å². The van der Waals surface area contributed by atoms with Gasteiger partial charge in [-0.3, -0.25) is 24.6 Å². The molecule has 3 aromatic rings. The monoisotopic (exact) mass is 502 g/mol. The highest BCUT2D eigenvalue weighted by atomic mass is 32.1. The highest BCUT2D eigenvalue weighted by Gasteiger charge is 2.43. The van der Waals surface area contributed by atoms with E-state index >= 15 is 0 Å². The number of nitrogens with zero attached hydrogens (tertiary/aromatic N) is 5. The Labute approximate surface area is 210 Å². The molecule has 0 spiro atoms. The zero-order chi connectivity index (χ0) is 25.0. The van der Waals surface area contributed by atoms with Crippen molar-refractivity contribution in [2.45, 2.75) is 26.3 Å². The molecule has 1 aromatic carbocycles. The second kappa shape index (κ2) is 8.61. The summed E-state index contributed by atoms with van der Waals surface area (Å²) < 4.78 is 0. The predicted octanol–water partition coefficient (Wildman–Crippen LogP) is 2.74. The van der Waals surface area contributed by atoms with Gasteiger partial charge >= 0.3 is 6.03 Å². The van der Waals surface area contributed by atoms with Gasteiger partial charge in [0.1, 0.15) is 11.2 Å². The van der Waals surface area contributed by atoms with Crippen LogP contribution in [-0.2, 0) is 11.3 Å². The fraction of sp³-hybridized carbons (Fsp3) is 0.280. The maximum Gasteiger partial charge on any atom is 0.343 e. The van der Waals surface area contributed by atoms with E-state index in [1.165, 1.54) is 10.5 Å². The van der Waals surface area contributed by atoms with E-state index in [2.05, 4.69) is 39.3 Å². The van der Waals surface area contributed by atoms with Gasteiger partial charge in [-0.25, -0.2) is 19.8 Å². The third-order valence-electron chi connectivity index (χ3n) is 6.66. The Kier molecular flexibility index (Phi) is 5.38. The van der Waals surface area contributed by atoms with E-state index in [-0.39, 0.29) is 24.1 Å². The lowest BCUT2D eigenvalue weighted by Crippen LogP contribution is -2.58. The second-order valence-electron chi connectivity index (χ2n) is 9.04. The molecular formula is C25H22N6O4S. The summed E-state index contributed by atoms with van der Waals surface area (Å²) in [5, 5.41) is 5.08. The second-order valence-corrected chi connectivity index (χ2v) is 10.3. The number of benzene rings is 1. The van der Waals surface area contributed by atoms with Gasteiger partial charge in [0.05, 0.1) is 23.4 Å². The largest absolute Gasteiger partial charge is 0.343 e. The van der Waals surface area contributed by atoms with E-state index in [9.17, 15) is 19.2 Å². The van der Waals surface area contributed by atoms with Gasteiger partial charge in [0.15, 0.2) is 0 Å². The molecule has 11 heteroatoms. The number of nitrogens with one attached hydrogen (secondary N) is 1. The first-order valence-electron chi connectivity index (χ1n) is 11.6. The number of hydrogen-bond acceptors (Lipinski definition) is 8. The number of hydrazine groups is 1. The number of imide groups is 2. The average molecular weight is 503 g/mol. The number of urea groups is 1. The number of thiophene rings is 1. The van der Waals surface area contributed by atoms with Crippen LogP contribution >= 0.6 is 11.3 Å². The number of aryl methyl sites for hydroxylation is 1.